The van der Waals surface area contributed by atoms with Crippen molar-refractivity contribution in [2.75, 3.05) is 12.8 Å². The van der Waals surface area contributed by atoms with Crippen LogP contribution in [0.1, 0.15) is 5.76 Å². The first-order valence-corrected chi connectivity index (χ1v) is 7.14. The predicted octanol–water partition coefficient (Wildman–Crippen LogP) is 2.34. The molecular weight excluding hydrogens is 290 g/mol. The number of benzene rings is 1. The number of aromatic nitrogens is 4. The van der Waals surface area contributed by atoms with Crippen LogP contribution >= 0.6 is 11.8 Å². The molecule has 0 amide bonds. The third-order valence-electron chi connectivity index (χ3n) is 2.77. The maximum Gasteiger partial charge on any atom is 0.216 e. The maximum atomic E-state index is 5.47. The van der Waals surface area contributed by atoms with Crippen molar-refractivity contribution in [3.8, 4) is 17.0 Å². The van der Waals surface area contributed by atoms with Crippen LogP contribution < -0.4 is 10.5 Å². The second kappa shape index (κ2) is 5.88. The first-order chi connectivity index (χ1) is 10.3. The number of nitrogens with two attached hydrogens (primary N) is 1. The number of aromatic amines is 1. The minimum absolute atomic E-state index is 0.296. The second-order valence-corrected chi connectivity index (χ2v) is 5.11. The summed E-state index contributed by atoms with van der Waals surface area (Å²) in [4.78, 5) is 4.01. The Morgan fingerprint density at radius 3 is 3.00 bits per heavy atom. The zero-order valence-corrected chi connectivity index (χ0v) is 12.1. The number of nitrogens with one attached hydrogen (secondary N) is 1. The molecule has 108 valence electrons. The van der Waals surface area contributed by atoms with Crippen LogP contribution in [0.2, 0.25) is 0 Å². The zero-order chi connectivity index (χ0) is 14.7. The van der Waals surface area contributed by atoms with Gasteiger partial charge in [-0.25, -0.2) is 5.10 Å². The molecule has 0 saturated carbocycles. The molecule has 0 aliphatic heterocycles. The van der Waals surface area contributed by atoms with Gasteiger partial charge in [-0.3, -0.25) is 0 Å². The number of nitrogen functional groups attached to an aromatic ring is 1. The summed E-state index contributed by atoms with van der Waals surface area (Å²) in [6, 6.07) is 9.53. The quantitative estimate of drug-likeness (QED) is 0.697. The van der Waals surface area contributed by atoms with Crippen LogP contribution in [0.3, 0.4) is 0 Å². The molecule has 21 heavy (non-hydrogen) atoms. The fourth-order valence-corrected chi connectivity index (χ4v) is 2.50. The Bertz CT molecular complexity index is 740. The number of anilines is 1. The van der Waals surface area contributed by atoms with E-state index in [0.717, 1.165) is 22.8 Å². The number of hydrogen-bond acceptors (Lipinski definition) is 7. The Labute approximate surface area is 124 Å². The molecule has 0 spiro atoms. The highest BCUT2D eigenvalue weighted by Gasteiger charge is 2.12. The number of nitrogens with zero attached hydrogens (tertiary/aromatic N) is 3. The van der Waals surface area contributed by atoms with Crippen molar-refractivity contribution in [3.63, 3.8) is 0 Å². The van der Waals surface area contributed by atoms with Crippen LogP contribution in [0.25, 0.3) is 11.3 Å². The molecule has 0 bridgehead atoms. The van der Waals surface area contributed by atoms with Gasteiger partial charge in [-0.05, 0) is 12.1 Å². The molecule has 7 nitrogen and oxygen atoms in total. The maximum absolute atomic E-state index is 5.47. The molecule has 0 aliphatic rings. The lowest BCUT2D eigenvalue weighted by Crippen LogP contribution is -1.86. The molecule has 0 radical (unpaired) electrons. The van der Waals surface area contributed by atoms with Crippen LogP contribution in [0.4, 0.5) is 5.95 Å². The first kappa shape index (κ1) is 13.5. The van der Waals surface area contributed by atoms with Gasteiger partial charge < -0.3 is 15.0 Å². The van der Waals surface area contributed by atoms with E-state index in [1.165, 1.54) is 11.8 Å². The summed E-state index contributed by atoms with van der Waals surface area (Å²) >= 11 is 1.41. The molecule has 3 rings (SSSR count). The van der Waals surface area contributed by atoms with Crippen LogP contribution in [0, 0.1) is 0 Å². The summed E-state index contributed by atoms with van der Waals surface area (Å²) in [5.74, 6) is 2.35. The lowest BCUT2D eigenvalue weighted by molar-refractivity contribution is 0.395. The van der Waals surface area contributed by atoms with Crippen molar-refractivity contribution in [1.29, 1.82) is 0 Å². The van der Waals surface area contributed by atoms with Gasteiger partial charge in [0.05, 0.1) is 12.9 Å². The average Bonchev–Trinajstić information content (AvgIpc) is 3.14. The van der Waals surface area contributed by atoms with Gasteiger partial charge in [0.1, 0.15) is 17.2 Å². The summed E-state index contributed by atoms with van der Waals surface area (Å²) in [6.07, 6.45) is 0. The Kier molecular flexibility index (Phi) is 3.78. The summed E-state index contributed by atoms with van der Waals surface area (Å²) < 4.78 is 10.6. The monoisotopic (exact) mass is 303 g/mol. The summed E-state index contributed by atoms with van der Waals surface area (Å²) in [6.45, 7) is 0. The molecule has 0 saturated heterocycles. The number of methoxy groups -OCH3 is 1. The van der Waals surface area contributed by atoms with Crippen molar-refractivity contribution in [3.05, 3.63) is 36.1 Å². The number of hydrogen-bond donors (Lipinski definition) is 2. The average molecular weight is 303 g/mol. The van der Waals surface area contributed by atoms with E-state index in [-0.39, 0.29) is 0 Å². The number of H-pyrrole nitrogens is 1. The SMILES string of the molecule is COc1ccccc1-c1cc(CSc2n[nH]c(N)n2)on1. The first-order valence-electron chi connectivity index (χ1n) is 6.16. The van der Waals surface area contributed by atoms with Crippen LogP contribution in [0.15, 0.2) is 40.0 Å². The van der Waals surface area contributed by atoms with Crippen molar-refractivity contribution in [2.45, 2.75) is 10.9 Å². The van der Waals surface area contributed by atoms with E-state index in [1.54, 1.807) is 7.11 Å². The minimum atomic E-state index is 0.296. The third-order valence-corrected chi connectivity index (χ3v) is 3.64. The molecule has 2 heterocycles. The fourth-order valence-electron chi connectivity index (χ4n) is 1.82. The van der Waals surface area contributed by atoms with Crippen molar-refractivity contribution < 1.29 is 9.26 Å². The molecule has 3 N–H and O–H groups in total. The largest absolute Gasteiger partial charge is 0.496 e. The van der Waals surface area contributed by atoms with E-state index in [2.05, 4.69) is 20.3 Å². The topological polar surface area (TPSA) is 103 Å². The lowest BCUT2D eigenvalue weighted by Gasteiger charge is -2.03. The molecule has 0 atom stereocenters. The second-order valence-electron chi connectivity index (χ2n) is 4.17. The Morgan fingerprint density at radius 1 is 1.38 bits per heavy atom. The van der Waals surface area contributed by atoms with Crippen LogP contribution in [0.5, 0.6) is 5.75 Å². The molecule has 8 heteroatoms. The van der Waals surface area contributed by atoms with Crippen LogP contribution in [-0.2, 0) is 5.75 Å². The third kappa shape index (κ3) is 3.00. The zero-order valence-electron chi connectivity index (χ0n) is 11.2. The Balaban J connectivity index is 1.74. The standard InChI is InChI=1S/C13H13N5O2S/c1-19-11-5-3-2-4-9(11)10-6-8(20-18-10)7-21-13-15-12(14)16-17-13/h2-6H,7H2,1H3,(H3,14,15,16,17). The smallest absolute Gasteiger partial charge is 0.216 e. The predicted molar refractivity (Wildman–Crippen MR) is 78.8 cm³/mol. The van der Waals surface area contributed by atoms with E-state index < -0.39 is 0 Å². The fraction of sp³-hybridized carbons (Fsp3) is 0.154. The van der Waals surface area contributed by atoms with E-state index in [0.29, 0.717) is 16.9 Å². The van der Waals surface area contributed by atoms with Gasteiger partial charge in [0.15, 0.2) is 0 Å². The Hall–Kier alpha value is -2.48. The van der Waals surface area contributed by atoms with E-state index in [9.17, 15) is 0 Å². The van der Waals surface area contributed by atoms with Gasteiger partial charge in [-0.1, -0.05) is 29.1 Å². The molecule has 0 unspecified atom stereocenters. The molecule has 0 aliphatic carbocycles. The van der Waals surface area contributed by atoms with Crippen molar-refractivity contribution in [2.24, 2.45) is 0 Å². The lowest BCUT2D eigenvalue weighted by atomic mass is 10.1. The molecule has 1 aromatic carbocycles. The van der Waals surface area contributed by atoms with Gasteiger partial charge in [-0.2, -0.15) is 4.98 Å². The minimum Gasteiger partial charge on any atom is -0.496 e. The van der Waals surface area contributed by atoms with Crippen molar-refractivity contribution >= 4 is 17.7 Å². The van der Waals surface area contributed by atoms with E-state index in [1.807, 2.05) is 30.3 Å². The molecule has 2 aromatic heterocycles. The highest BCUT2D eigenvalue weighted by molar-refractivity contribution is 7.98. The Morgan fingerprint density at radius 2 is 2.24 bits per heavy atom. The molecule has 0 fully saturated rings. The molecular formula is C13H13N5O2S. The number of rotatable bonds is 5. The van der Waals surface area contributed by atoms with E-state index in [4.69, 9.17) is 15.0 Å². The molecule has 3 aromatic rings. The van der Waals surface area contributed by atoms with Crippen molar-refractivity contribution in [1.82, 2.24) is 20.3 Å². The van der Waals surface area contributed by atoms with Gasteiger partial charge in [0, 0.05) is 11.6 Å². The highest BCUT2D eigenvalue weighted by Crippen LogP contribution is 2.30. The van der Waals surface area contributed by atoms with E-state index >= 15 is 0 Å². The summed E-state index contributed by atoms with van der Waals surface area (Å²) in [5, 5.41) is 11.2. The van der Waals surface area contributed by atoms with Gasteiger partial charge in [-0.15, -0.1) is 5.10 Å². The van der Waals surface area contributed by atoms with Gasteiger partial charge in [0.2, 0.25) is 11.1 Å². The number of para-hydroxylation sites is 1. The summed E-state index contributed by atoms with van der Waals surface area (Å²) in [5.41, 5.74) is 7.09. The van der Waals surface area contributed by atoms with Crippen LogP contribution in [-0.4, -0.2) is 27.4 Å². The summed E-state index contributed by atoms with van der Waals surface area (Å²) in [7, 11) is 1.63. The number of ether oxygens (including phenoxy) is 1. The van der Waals surface area contributed by atoms with Gasteiger partial charge in [0.25, 0.3) is 0 Å². The van der Waals surface area contributed by atoms with Gasteiger partial charge >= 0.3 is 0 Å². The number of thioether (sulfide) groups is 1. The normalized spacial score (nSPS) is 10.7. The highest BCUT2D eigenvalue weighted by atomic mass is 32.2.